The Hall–Kier alpha value is -2.22. The Labute approximate surface area is 347 Å². The second-order valence-corrected chi connectivity index (χ2v) is 16.1. The molecule has 0 nitrogen and oxygen atoms in total. The van der Waals surface area contributed by atoms with Crippen molar-refractivity contribution in [1.82, 2.24) is 0 Å². The van der Waals surface area contributed by atoms with Crippen LogP contribution in [0.5, 0.6) is 0 Å². The Morgan fingerprint density at radius 2 is 1.10 bits per heavy atom. The summed E-state index contributed by atoms with van der Waals surface area (Å²) in [5.74, 6) is 1.26. The molecule has 6 aromatic rings. The molecule has 6 rings (SSSR count). The Kier molecular flexibility index (Phi) is 20.1. The zero-order chi connectivity index (χ0) is 35.4. The number of halogens is 2. The molecule has 52 heavy (non-hydrogen) atoms. The topological polar surface area (TPSA) is 0 Å². The van der Waals surface area contributed by atoms with E-state index in [0.717, 1.165) is 6.42 Å². The summed E-state index contributed by atoms with van der Waals surface area (Å²) in [4.78, 5) is 0. The molecule has 0 aromatic heterocycles. The molecule has 6 aromatic carbocycles. The molecule has 280 valence electrons. The monoisotopic (exact) mass is 826 g/mol. The zero-order valence-corrected chi connectivity index (χ0v) is 39.1. The van der Waals surface area contributed by atoms with E-state index in [-0.39, 0.29) is 50.5 Å². The van der Waals surface area contributed by atoms with Gasteiger partial charge in [0.1, 0.15) is 0 Å². The second-order valence-electron chi connectivity index (χ2n) is 16.1. The van der Waals surface area contributed by atoms with E-state index in [0.29, 0.717) is 11.8 Å². The van der Waals surface area contributed by atoms with Crippen LogP contribution in [0.15, 0.2) is 103 Å². The minimum absolute atomic E-state index is 0. The standard InChI is InChI=1S/C24H29.C22H25.2CH3.2ClH.Si.Zr/c1-16(2)13-18-14-22-17(3)7-12-21(23(22)15-18)19-8-10-20(11-9-19)24(4,5)6;1-15(2)18-13-17-7-6-8-20(21(17)14-18)16-9-11-19(12-10-16)22(3,4)5;;;;;;/h7-12,14-16H,13H2,1-6H3;6-15H,1-5H3;2*1H3;2*1H;;/q4*-1;;;;. The Morgan fingerprint density at radius 3 is 1.54 bits per heavy atom. The first-order valence-corrected chi connectivity index (χ1v) is 21.7. The molecule has 0 atom stereocenters. The van der Waals surface area contributed by atoms with Crippen molar-refractivity contribution in [2.24, 2.45) is 5.92 Å². The van der Waals surface area contributed by atoms with E-state index < -0.39 is 0 Å². The van der Waals surface area contributed by atoms with Crippen LogP contribution in [0.1, 0.15) is 103 Å². The molecule has 0 saturated carbocycles. The van der Waals surface area contributed by atoms with Crippen molar-refractivity contribution in [1.29, 1.82) is 0 Å². The molecule has 0 amide bonds. The molecule has 0 spiro atoms. The number of hydrogen-bond acceptors (Lipinski definition) is 0. The van der Waals surface area contributed by atoms with Crippen molar-refractivity contribution in [2.75, 3.05) is 0 Å². The number of benzene rings is 4. The van der Waals surface area contributed by atoms with E-state index in [9.17, 15) is 0 Å². The van der Waals surface area contributed by atoms with Crippen LogP contribution in [0, 0.1) is 27.7 Å². The van der Waals surface area contributed by atoms with Gasteiger partial charge < -0.3 is 14.9 Å². The van der Waals surface area contributed by atoms with E-state index in [4.69, 9.17) is 0 Å². The molecule has 2 radical (unpaired) electrons. The fourth-order valence-corrected chi connectivity index (χ4v) is 6.49. The molecular weight excluding hydrogens is 767 g/mol. The van der Waals surface area contributed by atoms with Crippen molar-refractivity contribution < 1.29 is 23.3 Å². The van der Waals surface area contributed by atoms with Crippen LogP contribution in [0.4, 0.5) is 0 Å². The predicted octanol–water partition coefficient (Wildman–Crippen LogP) is 15.0. The van der Waals surface area contributed by atoms with E-state index in [1.54, 1.807) is 0 Å². The molecule has 0 N–H and O–H groups in total. The Morgan fingerprint density at radius 1 is 0.615 bits per heavy atom. The van der Waals surface area contributed by atoms with Crippen LogP contribution in [0.3, 0.4) is 0 Å². The van der Waals surface area contributed by atoms with Crippen LogP contribution in [0.2, 0.25) is 0 Å². The SMILES string of the molecule is CC(C)c1cc2c(-c3ccc(C(C)(C)C)cc3)cccc2[cH-]1.Cc1ccc(-c2ccc(C(C)(C)C)cc2)c2cc(CC(C)C)[cH-]c12.Cl.Cl.[CH3-].[CH3-].[Si]=[Zr]. The molecule has 0 unspecified atom stereocenters. The summed E-state index contributed by atoms with van der Waals surface area (Å²) < 4.78 is 0. The maximum atomic E-state index is 3.06. The molecule has 0 aliphatic carbocycles. The van der Waals surface area contributed by atoms with Crippen LogP contribution < -0.4 is 0 Å². The molecule has 0 bridgehead atoms. The molecule has 0 aliphatic rings. The molecule has 0 heterocycles. The van der Waals surface area contributed by atoms with Crippen LogP contribution in [-0.4, -0.2) is 6.88 Å². The quantitative estimate of drug-likeness (QED) is 0.120. The van der Waals surface area contributed by atoms with Gasteiger partial charge in [-0.05, 0) is 51.3 Å². The number of rotatable bonds is 5. The van der Waals surface area contributed by atoms with Crippen LogP contribution in [-0.2, 0) is 40.6 Å². The van der Waals surface area contributed by atoms with Gasteiger partial charge in [-0.1, -0.05) is 148 Å². The van der Waals surface area contributed by atoms with Gasteiger partial charge in [0.2, 0.25) is 0 Å². The summed E-state index contributed by atoms with van der Waals surface area (Å²) >= 11 is 1.36. The fraction of sp³-hybridized carbons (Fsp3) is 0.333. The van der Waals surface area contributed by atoms with Crippen LogP contribution in [0.25, 0.3) is 43.8 Å². The third kappa shape index (κ3) is 12.1. The van der Waals surface area contributed by atoms with Crippen molar-refractivity contribution in [3.05, 3.63) is 146 Å². The van der Waals surface area contributed by atoms with Gasteiger partial charge >= 0.3 is 30.2 Å². The van der Waals surface area contributed by atoms with Crippen molar-refractivity contribution in [3.8, 4) is 22.3 Å². The minimum atomic E-state index is 0. The third-order valence-electron chi connectivity index (χ3n) is 9.37. The van der Waals surface area contributed by atoms with Crippen molar-refractivity contribution >= 4 is 53.2 Å². The van der Waals surface area contributed by atoms with E-state index in [1.807, 2.05) is 0 Å². The van der Waals surface area contributed by atoms with Crippen molar-refractivity contribution in [2.45, 2.75) is 99.3 Å². The van der Waals surface area contributed by atoms with Gasteiger partial charge in [0.15, 0.2) is 0 Å². The molecule has 4 heteroatoms. The maximum absolute atomic E-state index is 3.06. The van der Waals surface area contributed by atoms with E-state index in [2.05, 4.69) is 186 Å². The molecule has 0 aliphatic heterocycles. The van der Waals surface area contributed by atoms with E-state index in [1.165, 1.54) is 95.0 Å². The first-order valence-electron chi connectivity index (χ1n) is 17.5. The third-order valence-corrected chi connectivity index (χ3v) is 9.37. The summed E-state index contributed by atoms with van der Waals surface area (Å²) in [5, 5.41) is 5.52. The van der Waals surface area contributed by atoms with Crippen LogP contribution >= 0.6 is 24.8 Å². The Balaban J connectivity index is 0.000000892. The number of fused-ring (bicyclic) bond motifs is 2. The predicted molar refractivity (Wildman–Crippen MR) is 238 cm³/mol. The zero-order valence-electron chi connectivity index (χ0n) is 34.0. The second kappa shape index (κ2) is 21.0. The van der Waals surface area contributed by atoms with Gasteiger partial charge in [0.05, 0.1) is 0 Å². The average molecular weight is 829 g/mol. The molecular formula is C48H62Cl2SiZr-4. The molecule has 0 fully saturated rings. The molecule has 0 saturated heterocycles. The van der Waals surface area contributed by atoms with Gasteiger partial charge in [0, 0.05) is 0 Å². The van der Waals surface area contributed by atoms with Gasteiger partial charge in [-0.3, -0.25) is 0 Å². The van der Waals surface area contributed by atoms with Gasteiger partial charge in [-0.25, -0.2) is 0 Å². The van der Waals surface area contributed by atoms with E-state index >= 15 is 0 Å². The Bertz CT molecular complexity index is 1940. The normalized spacial score (nSPS) is 10.9. The fourth-order valence-electron chi connectivity index (χ4n) is 6.49. The van der Waals surface area contributed by atoms with Gasteiger partial charge in [0.25, 0.3) is 0 Å². The van der Waals surface area contributed by atoms with Gasteiger partial charge in [-0.2, -0.15) is 12.1 Å². The summed E-state index contributed by atoms with van der Waals surface area (Å²) in [6, 6.07) is 38.8. The summed E-state index contributed by atoms with van der Waals surface area (Å²) in [7, 11) is 0. The average Bonchev–Trinajstić information content (AvgIpc) is 3.67. The van der Waals surface area contributed by atoms with Crippen molar-refractivity contribution in [3.63, 3.8) is 0 Å². The summed E-state index contributed by atoms with van der Waals surface area (Å²) in [5.41, 5.74) is 12.7. The number of hydrogen-bond donors (Lipinski definition) is 0. The first kappa shape index (κ1) is 49.8. The summed E-state index contributed by atoms with van der Waals surface area (Å²) in [6.45, 7) is 27.9. The first-order chi connectivity index (χ1) is 22.6. The number of aryl methyl sites for hydroxylation is 1. The summed E-state index contributed by atoms with van der Waals surface area (Å²) in [6.07, 6.45) is 1.15. The van der Waals surface area contributed by atoms with Gasteiger partial charge in [-0.15, -0.1) is 93.4 Å².